The van der Waals surface area contributed by atoms with Gasteiger partial charge in [-0.25, -0.2) is 8.42 Å². The first-order valence-electron chi connectivity index (χ1n) is 9.34. The van der Waals surface area contributed by atoms with Crippen molar-refractivity contribution < 1.29 is 35.9 Å². The number of anilines is 2. The van der Waals surface area contributed by atoms with Crippen LogP contribution in [0.4, 0.5) is 24.5 Å². The number of hydrogen-bond acceptors (Lipinski definition) is 6. The van der Waals surface area contributed by atoms with Gasteiger partial charge in [-0.05, 0) is 61.5 Å². The third kappa shape index (κ3) is 5.32. The molecule has 0 radical (unpaired) electrons. The van der Waals surface area contributed by atoms with Crippen LogP contribution in [-0.4, -0.2) is 31.2 Å². The molecule has 1 aromatic heterocycles. The maximum atomic E-state index is 12.9. The van der Waals surface area contributed by atoms with E-state index in [1.165, 1.54) is 18.4 Å². The van der Waals surface area contributed by atoms with E-state index in [4.69, 9.17) is 16.0 Å². The fourth-order valence-corrected chi connectivity index (χ4v) is 4.21. The summed E-state index contributed by atoms with van der Waals surface area (Å²) in [7, 11) is -4.01. The average molecular weight is 503 g/mol. The summed E-state index contributed by atoms with van der Waals surface area (Å²) in [5, 5.41) is 14.0. The molecule has 1 heterocycles. The minimum atomic E-state index is -5.22. The number of nitrogens with one attached hydrogen (secondary N) is 2. The molecule has 0 aliphatic heterocycles. The Morgan fingerprint density at radius 1 is 1.09 bits per heavy atom. The zero-order valence-corrected chi connectivity index (χ0v) is 18.6. The van der Waals surface area contributed by atoms with Gasteiger partial charge >= 0.3 is 6.18 Å². The number of sulfone groups is 1. The number of carbonyl (C=O) groups excluding carboxylic acids is 1. The van der Waals surface area contributed by atoms with Crippen molar-refractivity contribution in [3.8, 4) is 0 Å². The van der Waals surface area contributed by atoms with Gasteiger partial charge in [0.25, 0.3) is 5.91 Å². The molecule has 176 valence electrons. The highest BCUT2D eigenvalue weighted by Gasteiger charge is 2.55. The van der Waals surface area contributed by atoms with Crippen molar-refractivity contribution in [1.82, 2.24) is 0 Å². The van der Waals surface area contributed by atoms with Crippen molar-refractivity contribution in [3.05, 3.63) is 71.6 Å². The molecule has 1 amide bonds. The standard InChI is InChI=1S/C21H18ClF3N2O5S/c1-20(29,21(23,24)25)19(28)27-18-9-8-16(11-17(18)22)33(30,31)15-6-4-13(5-7-15)26-12-14-3-2-10-32-14/h2-11,26,29H,12H2,1H3,(H,27,28)/t20-/m1/s1. The van der Waals surface area contributed by atoms with Crippen LogP contribution in [0.15, 0.2) is 75.1 Å². The average Bonchev–Trinajstić information content (AvgIpc) is 3.26. The number of rotatable bonds is 7. The molecule has 12 heteroatoms. The Kier molecular flexibility index (Phi) is 6.78. The normalized spacial score (nSPS) is 13.9. The fourth-order valence-electron chi connectivity index (χ4n) is 2.63. The maximum Gasteiger partial charge on any atom is 0.426 e. The first-order valence-corrected chi connectivity index (χ1v) is 11.2. The summed E-state index contributed by atoms with van der Waals surface area (Å²) in [6.45, 7) is 0.700. The topological polar surface area (TPSA) is 109 Å². The highest BCUT2D eigenvalue weighted by molar-refractivity contribution is 7.91. The van der Waals surface area contributed by atoms with Crippen LogP contribution >= 0.6 is 11.6 Å². The Morgan fingerprint density at radius 2 is 1.73 bits per heavy atom. The SMILES string of the molecule is C[C@@](O)(C(=O)Nc1ccc(S(=O)(=O)c2ccc(NCc3ccco3)cc2)cc1Cl)C(F)(F)F. The molecule has 7 nitrogen and oxygen atoms in total. The Morgan fingerprint density at radius 3 is 2.27 bits per heavy atom. The Hall–Kier alpha value is -3.02. The monoisotopic (exact) mass is 502 g/mol. The number of hydrogen-bond donors (Lipinski definition) is 3. The van der Waals surface area contributed by atoms with Crippen molar-refractivity contribution in [1.29, 1.82) is 0 Å². The molecule has 0 aliphatic rings. The second kappa shape index (κ2) is 9.08. The molecule has 0 fully saturated rings. The van der Waals surface area contributed by atoms with Gasteiger partial charge < -0.3 is 20.2 Å². The Bertz CT molecular complexity index is 1240. The minimum absolute atomic E-state index is 0.0427. The predicted molar refractivity (Wildman–Crippen MR) is 115 cm³/mol. The number of carbonyl (C=O) groups is 1. The lowest BCUT2D eigenvalue weighted by Gasteiger charge is -2.25. The Labute approximate surface area is 192 Å². The Balaban J connectivity index is 1.76. The lowest BCUT2D eigenvalue weighted by molar-refractivity contribution is -0.242. The van der Waals surface area contributed by atoms with E-state index in [0.717, 1.165) is 18.2 Å². The molecule has 0 bridgehead atoms. The van der Waals surface area contributed by atoms with Gasteiger partial charge in [0, 0.05) is 5.69 Å². The number of halogens is 4. The molecular formula is C21H18ClF3N2O5S. The first-order chi connectivity index (χ1) is 15.3. The molecule has 0 spiro atoms. The van der Waals surface area contributed by atoms with Crippen molar-refractivity contribution in [2.24, 2.45) is 0 Å². The molecule has 1 atom stereocenters. The van der Waals surface area contributed by atoms with Crippen LogP contribution in [0.1, 0.15) is 12.7 Å². The molecule has 33 heavy (non-hydrogen) atoms. The third-order valence-electron chi connectivity index (χ3n) is 4.70. The van der Waals surface area contributed by atoms with Gasteiger partial charge in [-0.15, -0.1) is 0 Å². The molecule has 0 unspecified atom stereocenters. The molecule has 3 aromatic rings. The van der Waals surface area contributed by atoms with Gasteiger partial charge in [-0.1, -0.05) is 11.6 Å². The molecule has 3 N–H and O–H groups in total. The summed E-state index contributed by atoms with van der Waals surface area (Å²) in [6.07, 6.45) is -3.68. The van der Waals surface area contributed by atoms with Gasteiger partial charge in [0.15, 0.2) is 0 Å². The quantitative estimate of drug-likeness (QED) is 0.435. The predicted octanol–water partition coefficient (Wildman–Crippen LogP) is 4.63. The number of alkyl halides is 3. The smallest absolute Gasteiger partial charge is 0.426 e. The van der Waals surface area contributed by atoms with Gasteiger partial charge in [0.2, 0.25) is 15.4 Å². The van der Waals surface area contributed by atoms with E-state index in [0.29, 0.717) is 24.9 Å². The summed E-state index contributed by atoms with van der Waals surface area (Å²) >= 11 is 5.99. The highest BCUT2D eigenvalue weighted by Crippen LogP contribution is 2.33. The van der Waals surface area contributed by atoms with E-state index >= 15 is 0 Å². The summed E-state index contributed by atoms with van der Waals surface area (Å²) < 4.78 is 69.4. The summed E-state index contributed by atoms with van der Waals surface area (Å²) in [4.78, 5) is 11.6. The van der Waals surface area contributed by atoms with E-state index < -0.39 is 27.5 Å². The van der Waals surface area contributed by atoms with Crippen LogP contribution < -0.4 is 10.6 Å². The van der Waals surface area contributed by atoms with Gasteiger partial charge in [0.05, 0.1) is 33.3 Å². The molecule has 0 aliphatic carbocycles. The van der Waals surface area contributed by atoms with Gasteiger partial charge in [0.1, 0.15) is 5.76 Å². The molecule has 0 saturated carbocycles. The minimum Gasteiger partial charge on any atom is -0.467 e. The molecule has 3 rings (SSSR count). The number of benzene rings is 2. The van der Waals surface area contributed by atoms with Crippen LogP contribution in [-0.2, 0) is 21.2 Å². The zero-order chi connectivity index (χ0) is 24.4. The third-order valence-corrected chi connectivity index (χ3v) is 6.78. The van der Waals surface area contributed by atoms with Crippen molar-refractivity contribution in [2.45, 2.75) is 35.0 Å². The first kappa shape index (κ1) is 24.6. The van der Waals surface area contributed by atoms with Gasteiger partial charge in [-0.2, -0.15) is 13.2 Å². The van der Waals surface area contributed by atoms with Crippen LogP contribution in [0.5, 0.6) is 0 Å². The second-order valence-electron chi connectivity index (χ2n) is 7.13. The van der Waals surface area contributed by atoms with E-state index in [1.807, 2.05) is 5.32 Å². The van der Waals surface area contributed by atoms with E-state index in [2.05, 4.69) is 5.32 Å². The number of furan rings is 1. The second-order valence-corrected chi connectivity index (χ2v) is 9.48. The van der Waals surface area contributed by atoms with E-state index in [9.17, 15) is 31.5 Å². The fraction of sp³-hybridized carbons (Fsp3) is 0.190. The van der Waals surface area contributed by atoms with E-state index in [-0.39, 0.29) is 20.5 Å². The zero-order valence-electron chi connectivity index (χ0n) is 17.0. The lowest BCUT2D eigenvalue weighted by atomic mass is 10.1. The van der Waals surface area contributed by atoms with Crippen LogP contribution in [0.25, 0.3) is 0 Å². The summed E-state index contributed by atoms with van der Waals surface area (Å²) in [5.74, 6) is -1.06. The van der Waals surface area contributed by atoms with Crippen LogP contribution in [0.2, 0.25) is 5.02 Å². The molecular weight excluding hydrogens is 485 g/mol. The number of amides is 1. The molecule has 2 aromatic carbocycles. The largest absolute Gasteiger partial charge is 0.467 e. The van der Waals surface area contributed by atoms with Gasteiger partial charge in [-0.3, -0.25) is 4.79 Å². The van der Waals surface area contributed by atoms with Crippen molar-refractivity contribution in [2.75, 3.05) is 10.6 Å². The summed E-state index contributed by atoms with van der Waals surface area (Å²) in [5.41, 5.74) is -3.30. The molecule has 0 saturated heterocycles. The van der Waals surface area contributed by atoms with Crippen LogP contribution in [0, 0.1) is 0 Å². The lowest BCUT2D eigenvalue weighted by Crippen LogP contribution is -2.52. The maximum absolute atomic E-state index is 12.9. The van der Waals surface area contributed by atoms with Crippen molar-refractivity contribution >= 4 is 38.7 Å². The number of aliphatic hydroxyl groups is 1. The summed E-state index contributed by atoms with van der Waals surface area (Å²) in [6, 6.07) is 12.5. The van der Waals surface area contributed by atoms with Crippen molar-refractivity contribution in [3.63, 3.8) is 0 Å². The van der Waals surface area contributed by atoms with Crippen LogP contribution in [0.3, 0.4) is 0 Å². The highest BCUT2D eigenvalue weighted by atomic mass is 35.5. The van der Waals surface area contributed by atoms with E-state index in [1.54, 1.807) is 24.3 Å².